The van der Waals surface area contributed by atoms with Gasteiger partial charge in [-0.1, -0.05) is 0 Å². The van der Waals surface area contributed by atoms with Crippen molar-refractivity contribution >= 4 is 28.6 Å². The molecule has 0 unspecified atom stereocenters. The highest BCUT2D eigenvalue weighted by Gasteiger charge is 2.32. The smallest absolute Gasteiger partial charge is 0.260 e. The van der Waals surface area contributed by atoms with E-state index in [4.69, 9.17) is 14.2 Å². The third kappa shape index (κ3) is 3.51. The zero-order chi connectivity index (χ0) is 20.5. The van der Waals surface area contributed by atoms with Gasteiger partial charge < -0.3 is 24.8 Å². The molecule has 7 heteroatoms. The van der Waals surface area contributed by atoms with E-state index in [1.165, 1.54) is 0 Å². The number of nitrogens with zero attached hydrogens (tertiary/aromatic N) is 1. The Morgan fingerprint density at radius 1 is 1.13 bits per heavy atom. The fourth-order valence-corrected chi connectivity index (χ4v) is 4.10. The zero-order valence-electron chi connectivity index (χ0n) is 17.0. The van der Waals surface area contributed by atoms with Gasteiger partial charge in [0.25, 0.3) is 5.91 Å². The lowest BCUT2D eigenvalue weighted by atomic mass is 10.00. The number of carbonyl (C=O) groups is 1. The fourth-order valence-electron chi connectivity index (χ4n) is 4.10. The maximum absolute atomic E-state index is 12.7. The number of ether oxygens (including phenoxy) is 3. The van der Waals surface area contributed by atoms with Crippen molar-refractivity contribution in [1.29, 1.82) is 0 Å². The Balaban J connectivity index is 1.36. The van der Waals surface area contributed by atoms with Crippen molar-refractivity contribution in [3.63, 3.8) is 0 Å². The Hall–Kier alpha value is -3.03. The van der Waals surface area contributed by atoms with E-state index in [0.29, 0.717) is 24.5 Å². The minimum absolute atomic E-state index is 0.132. The van der Waals surface area contributed by atoms with E-state index < -0.39 is 0 Å². The number of benzene rings is 2. The Morgan fingerprint density at radius 2 is 2.00 bits per heavy atom. The molecule has 3 aliphatic heterocycles. The summed E-state index contributed by atoms with van der Waals surface area (Å²) >= 11 is 0. The van der Waals surface area contributed by atoms with Gasteiger partial charge in [0.1, 0.15) is 24.7 Å². The first-order valence-corrected chi connectivity index (χ1v) is 10.3. The first-order valence-electron chi connectivity index (χ1n) is 10.3. The molecular weight excluding hydrogens is 382 g/mol. The van der Waals surface area contributed by atoms with Crippen molar-refractivity contribution in [3.05, 3.63) is 53.1 Å². The molecule has 0 bridgehead atoms. The highest BCUT2D eigenvalue weighted by Crippen LogP contribution is 2.43. The predicted octanol–water partition coefficient (Wildman–Crippen LogP) is 2.79. The van der Waals surface area contributed by atoms with Crippen molar-refractivity contribution in [3.8, 4) is 5.75 Å². The van der Waals surface area contributed by atoms with Crippen LogP contribution in [0.1, 0.15) is 16.7 Å². The quantitative estimate of drug-likeness (QED) is 0.743. The fraction of sp³-hybridized carbons (Fsp3) is 0.348. The molecule has 0 aromatic heterocycles. The van der Waals surface area contributed by atoms with Crippen LogP contribution in [0.15, 0.2) is 36.4 Å². The molecule has 7 nitrogen and oxygen atoms in total. The van der Waals surface area contributed by atoms with Crippen LogP contribution in [0.4, 0.5) is 11.4 Å². The lowest BCUT2D eigenvalue weighted by molar-refractivity contribution is -0.110. The molecule has 30 heavy (non-hydrogen) atoms. The molecule has 0 atom stereocenters. The number of anilines is 2. The van der Waals surface area contributed by atoms with Crippen LogP contribution in [-0.4, -0.2) is 57.3 Å². The second-order valence-electron chi connectivity index (χ2n) is 7.58. The van der Waals surface area contributed by atoms with Gasteiger partial charge in [0, 0.05) is 54.7 Å². The number of fused-ring (bicyclic) bond motifs is 2. The molecule has 156 valence electrons. The van der Waals surface area contributed by atoms with E-state index in [1.807, 2.05) is 43.4 Å². The normalized spacial score (nSPS) is 20.4. The summed E-state index contributed by atoms with van der Waals surface area (Å²) in [6.45, 7) is 5.45. The van der Waals surface area contributed by atoms with E-state index in [9.17, 15) is 4.79 Å². The number of carbonyl (C=O) groups excluding carboxylic acids is 1. The van der Waals surface area contributed by atoms with Gasteiger partial charge in [-0.15, -0.1) is 0 Å². The van der Waals surface area contributed by atoms with Crippen molar-refractivity contribution in [2.45, 2.75) is 6.61 Å². The number of hydrogen-bond acceptors (Lipinski definition) is 6. The molecular formula is C23H25N3O4. The van der Waals surface area contributed by atoms with Crippen molar-refractivity contribution in [1.82, 2.24) is 4.90 Å². The molecule has 3 heterocycles. The van der Waals surface area contributed by atoms with Crippen molar-refractivity contribution in [2.75, 3.05) is 57.1 Å². The van der Waals surface area contributed by atoms with E-state index >= 15 is 0 Å². The van der Waals surface area contributed by atoms with Gasteiger partial charge in [0.05, 0.1) is 18.8 Å². The standard InChI is InChI=1S/C23H25N3O4/c1-24-16-2-5-20-19(13-16)21(23(27)25-20)22-18-4-3-17(12-15(18)14-30-22)29-11-8-26-6-9-28-10-7-26/h2-5,12-13,24H,6-11,14H2,1H3,(H,25,27)/b22-21+. The van der Waals surface area contributed by atoms with Crippen LogP contribution in [0.3, 0.4) is 0 Å². The summed E-state index contributed by atoms with van der Waals surface area (Å²) in [6.07, 6.45) is 0. The summed E-state index contributed by atoms with van der Waals surface area (Å²) < 4.78 is 17.3. The second kappa shape index (κ2) is 8.01. The van der Waals surface area contributed by atoms with Gasteiger partial charge in [-0.3, -0.25) is 9.69 Å². The topological polar surface area (TPSA) is 72.1 Å². The lowest BCUT2D eigenvalue weighted by Gasteiger charge is -2.26. The molecule has 0 radical (unpaired) electrons. The monoisotopic (exact) mass is 407 g/mol. The highest BCUT2D eigenvalue weighted by molar-refractivity contribution is 6.36. The summed E-state index contributed by atoms with van der Waals surface area (Å²) in [6, 6.07) is 11.8. The first-order chi connectivity index (χ1) is 14.7. The second-order valence-corrected chi connectivity index (χ2v) is 7.58. The number of nitrogens with one attached hydrogen (secondary N) is 2. The lowest BCUT2D eigenvalue weighted by Crippen LogP contribution is -2.38. The summed E-state index contributed by atoms with van der Waals surface area (Å²) in [5, 5.41) is 6.06. The predicted molar refractivity (Wildman–Crippen MR) is 115 cm³/mol. The van der Waals surface area contributed by atoms with Crippen molar-refractivity contribution < 1.29 is 19.0 Å². The average Bonchev–Trinajstić information content (AvgIpc) is 3.33. The molecule has 2 aromatic carbocycles. The SMILES string of the molecule is CNc1ccc2c(c1)/C(=C1\OCc3cc(OCCN4CCOCC4)ccc31)C(=O)N2. The van der Waals surface area contributed by atoms with Gasteiger partial charge >= 0.3 is 0 Å². The third-order valence-corrected chi connectivity index (χ3v) is 5.75. The maximum atomic E-state index is 12.7. The minimum atomic E-state index is -0.132. The molecule has 1 saturated heterocycles. The molecule has 2 N–H and O–H groups in total. The summed E-state index contributed by atoms with van der Waals surface area (Å²) in [4.78, 5) is 15.0. The van der Waals surface area contributed by atoms with E-state index in [1.54, 1.807) is 0 Å². The van der Waals surface area contributed by atoms with E-state index in [0.717, 1.165) is 66.7 Å². The van der Waals surface area contributed by atoms with E-state index in [2.05, 4.69) is 15.5 Å². The van der Waals surface area contributed by atoms with Crippen LogP contribution in [0, 0.1) is 0 Å². The number of rotatable bonds is 5. The first kappa shape index (κ1) is 19.0. The van der Waals surface area contributed by atoms with Gasteiger partial charge in [-0.05, 0) is 36.4 Å². The summed E-state index contributed by atoms with van der Waals surface area (Å²) in [7, 11) is 1.86. The molecule has 0 aliphatic carbocycles. The van der Waals surface area contributed by atoms with Crippen LogP contribution in [0.25, 0.3) is 11.3 Å². The average molecular weight is 407 g/mol. The van der Waals surface area contributed by atoms with Crippen LogP contribution >= 0.6 is 0 Å². The maximum Gasteiger partial charge on any atom is 0.260 e. The van der Waals surface area contributed by atoms with Crippen LogP contribution in [0.2, 0.25) is 0 Å². The molecule has 2 aromatic rings. The Kier molecular flexibility index (Phi) is 5.06. The molecule has 1 amide bonds. The van der Waals surface area contributed by atoms with E-state index in [-0.39, 0.29) is 5.91 Å². The number of hydrogen-bond donors (Lipinski definition) is 2. The minimum Gasteiger partial charge on any atom is -0.492 e. The Labute approximate surface area is 175 Å². The van der Waals surface area contributed by atoms with Gasteiger partial charge in [0.2, 0.25) is 0 Å². The van der Waals surface area contributed by atoms with Gasteiger partial charge in [0.15, 0.2) is 0 Å². The van der Waals surface area contributed by atoms with Crippen molar-refractivity contribution in [2.24, 2.45) is 0 Å². The van der Waals surface area contributed by atoms with Crippen LogP contribution in [0.5, 0.6) is 5.75 Å². The van der Waals surface area contributed by atoms with Crippen LogP contribution in [-0.2, 0) is 20.9 Å². The number of morpholine rings is 1. The summed E-state index contributed by atoms with van der Waals surface area (Å²) in [5.74, 6) is 1.33. The van der Waals surface area contributed by atoms with Gasteiger partial charge in [-0.25, -0.2) is 0 Å². The largest absolute Gasteiger partial charge is 0.492 e. The Morgan fingerprint density at radius 3 is 2.83 bits per heavy atom. The van der Waals surface area contributed by atoms with Crippen LogP contribution < -0.4 is 15.4 Å². The number of amides is 1. The molecule has 3 aliphatic rings. The van der Waals surface area contributed by atoms with Gasteiger partial charge in [-0.2, -0.15) is 0 Å². The molecule has 5 rings (SSSR count). The zero-order valence-corrected chi connectivity index (χ0v) is 17.0. The third-order valence-electron chi connectivity index (χ3n) is 5.75. The Bertz CT molecular complexity index is 1010. The molecule has 1 fully saturated rings. The molecule has 0 saturated carbocycles. The molecule has 0 spiro atoms. The summed E-state index contributed by atoms with van der Waals surface area (Å²) in [5.41, 5.74) is 5.19. The highest BCUT2D eigenvalue weighted by atomic mass is 16.5.